The zero-order chi connectivity index (χ0) is 11.8. The molecule has 0 radical (unpaired) electrons. The molecule has 0 aliphatic heterocycles. The number of nitrogens with zero attached hydrogens (tertiary/aromatic N) is 1. The summed E-state index contributed by atoms with van der Waals surface area (Å²) in [6.07, 6.45) is 3.65. The van der Waals surface area contributed by atoms with Gasteiger partial charge in [0.15, 0.2) is 5.82 Å². The molecule has 1 aromatic carbocycles. The van der Waals surface area contributed by atoms with Crippen molar-refractivity contribution in [3.05, 3.63) is 35.6 Å². The van der Waals surface area contributed by atoms with Crippen molar-refractivity contribution in [3.8, 4) is 11.1 Å². The quantitative estimate of drug-likeness (QED) is 0.855. The van der Waals surface area contributed by atoms with E-state index in [1.165, 1.54) is 24.8 Å². The fourth-order valence-corrected chi connectivity index (χ4v) is 2.28. The normalized spacial score (nSPS) is 15.8. The molecule has 0 unspecified atom stereocenters. The molecule has 1 aliphatic carbocycles. The van der Waals surface area contributed by atoms with Gasteiger partial charge in [-0.1, -0.05) is 41.4 Å². The SMILES string of the molecule is Cc1ccc(-c2c(N)noc2C2CCC2)cc1. The number of nitrogen functional groups attached to an aromatic ring is 1. The summed E-state index contributed by atoms with van der Waals surface area (Å²) in [6.45, 7) is 2.08. The average Bonchev–Trinajstić information content (AvgIpc) is 2.60. The Morgan fingerprint density at radius 1 is 1.24 bits per heavy atom. The van der Waals surface area contributed by atoms with Gasteiger partial charge in [0, 0.05) is 5.92 Å². The lowest BCUT2D eigenvalue weighted by molar-refractivity contribution is 0.302. The molecule has 0 spiro atoms. The topological polar surface area (TPSA) is 52.0 Å². The van der Waals surface area contributed by atoms with Crippen LogP contribution in [0, 0.1) is 6.92 Å². The van der Waals surface area contributed by atoms with Crippen LogP contribution in [0.1, 0.15) is 36.5 Å². The lowest BCUT2D eigenvalue weighted by atomic mass is 9.81. The molecule has 3 heteroatoms. The van der Waals surface area contributed by atoms with E-state index in [0.29, 0.717) is 11.7 Å². The zero-order valence-corrected chi connectivity index (χ0v) is 9.94. The molecule has 3 rings (SSSR count). The van der Waals surface area contributed by atoms with E-state index in [2.05, 4.69) is 36.3 Å². The molecule has 0 amide bonds. The summed E-state index contributed by atoms with van der Waals surface area (Å²) >= 11 is 0. The number of nitrogens with two attached hydrogens (primary N) is 1. The molecule has 1 fully saturated rings. The van der Waals surface area contributed by atoms with Crippen molar-refractivity contribution in [2.24, 2.45) is 0 Å². The smallest absolute Gasteiger partial charge is 0.175 e. The van der Waals surface area contributed by atoms with Gasteiger partial charge in [0.05, 0.1) is 5.56 Å². The largest absolute Gasteiger partial charge is 0.380 e. The summed E-state index contributed by atoms with van der Waals surface area (Å²) in [5.74, 6) is 1.99. The van der Waals surface area contributed by atoms with Crippen molar-refractivity contribution in [1.82, 2.24) is 5.16 Å². The lowest BCUT2D eigenvalue weighted by Crippen LogP contribution is -2.08. The van der Waals surface area contributed by atoms with Gasteiger partial charge in [-0.25, -0.2) is 0 Å². The second kappa shape index (κ2) is 3.91. The Morgan fingerprint density at radius 2 is 1.94 bits per heavy atom. The third kappa shape index (κ3) is 1.71. The van der Waals surface area contributed by atoms with E-state index >= 15 is 0 Å². The molecule has 1 heterocycles. The number of aryl methyl sites for hydroxylation is 1. The first-order valence-corrected chi connectivity index (χ1v) is 6.08. The molecule has 2 aromatic rings. The Morgan fingerprint density at radius 3 is 2.53 bits per heavy atom. The standard InChI is InChI=1S/C14H16N2O/c1-9-5-7-10(8-6-9)12-13(11-3-2-4-11)17-16-14(12)15/h5-8,11H,2-4H2,1H3,(H2,15,16). The number of anilines is 1. The van der Waals surface area contributed by atoms with Crippen LogP contribution in [-0.2, 0) is 0 Å². The van der Waals surface area contributed by atoms with Crippen LogP contribution in [0.2, 0.25) is 0 Å². The second-order valence-corrected chi connectivity index (χ2v) is 4.80. The average molecular weight is 228 g/mol. The van der Waals surface area contributed by atoms with Crippen LogP contribution in [0.4, 0.5) is 5.82 Å². The van der Waals surface area contributed by atoms with Gasteiger partial charge in [0.1, 0.15) is 5.76 Å². The second-order valence-electron chi connectivity index (χ2n) is 4.80. The third-order valence-electron chi connectivity index (χ3n) is 3.56. The molecule has 1 aromatic heterocycles. The number of rotatable bonds is 2. The minimum absolute atomic E-state index is 0.510. The van der Waals surface area contributed by atoms with Crippen molar-refractivity contribution < 1.29 is 4.52 Å². The van der Waals surface area contributed by atoms with Gasteiger partial charge in [0.2, 0.25) is 0 Å². The first-order valence-electron chi connectivity index (χ1n) is 6.08. The molecule has 0 bridgehead atoms. The van der Waals surface area contributed by atoms with E-state index in [4.69, 9.17) is 10.3 Å². The Kier molecular flexibility index (Phi) is 2.39. The molecule has 0 saturated heterocycles. The summed E-state index contributed by atoms with van der Waals surface area (Å²) in [5, 5.41) is 3.92. The molecule has 2 N–H and O–H groups in total. The number of hydrogen-bond donors (Lipinski definition) is 1. The maximum absolute atomic E-state index is 5.92. The Labute approximate surface area is 101 Å². The zero-order valence-electron chi connectivity index (χ0n) is 9.94. The fraction of sp³-hybridized carbons (Fsp3) is 0.357. The molecule has 1 saturated carbocycles. The molecular weight excluding hydrogens is 212 g/mol. The summed E-state index contributed by atoms with van der Waals surface area (Å²) in [4.78, 5) is 0. The van der Waals surface area contributed by atoms with Gasteiger partial charge in [-0.3, -0.25) is 0 Å². The van der Waals surface area contributed by atoms with Gasteiger partial charge in [-0.2, -0.15) is 0 Å². The van der Waals surface area contributed by atoms with Crippen LogP contribution in [0.15, 0.2) is 28.8 Å². The van der Waals surface area contributed by atoms with Crippen molar-refractivity contribution in [1.29, 1.82) is 0 Å². The van der Waals surface area contributed by atoms with Crippen LogP contribution in [-0.4, -0.2) is 5.16 Å². The van der Waals surface area contributed by atoms with Gasteiger partial charge in [-0.15, -0.1) is 0 Å². The van der Waals surface area contributed by atoms with E-state index in [-0.39, 0.29) is 0 Å². The van der Waals surface area contributed by atoms with Gasteiger partial charge in [-0.05, 0) is 25.3 Å². The number of hydrogen-bond acceptors (Lipinski definition) is 3. The minimum Gasteiger partial charge on any atom is -0.380 e. The first kappa shape index (κ1) is 10.4. The fourth-order valence-electron chi connectivity index (χ4n) is 2.28. The number of aromatic nitrogens is 1. The highest BCUT2D eigenvalue weighted by Gasteiger charge is 2.28. The van der Waals surface area contributed by atoms with E-state index in [1.807, 2.05) is 0 Å². The van der Waals surface area contributed by atoms with Gasteiger partial charge in [0.25, 0.3) is 0 Å². The van der Waals surface area contributed by atoms with Crippen LogP contribution in [0.3, 0.4) is 0 Å². The third-order valence-corrected chi connectivity index (χ3v) is 3.56. The minimum atomic E-state index is 0.510. The highest BCUT2D eigenvalue weighted by atomic mass is 16.5. The summed E-state index contributed by atoms with van der Waals surface area (Å²) in [5.41, 5.74) is 9.27. The van der Waals surface area contributed by atoms with Gasteiger partial charge < -0.3 is 10.3 Å². The highest BCUT2D eigenvalue weighted by Crippen LogP contribution is 2.43. The van der Waals surface area contributed by atoms with E-state index in [0.717, 1.165) is 16.9 Å². The van der Waals surface area contributed by atoms with E-state index < -0.39 is 0 Å². The van der Waals surface area contributed by atoms with Crippen LogP contribution in [0.5, 0.6) is 0 Å². The summed E-state index contributed by atoms with van der Waals surface area (Å²) < 4.78 is 5.41. The van der Waals surface area contributed by atoms with Crippen molar-refractivity contribution in [3.63, 3.8) is 0 Å². The highest BCUT2D eigenvalue weighted by molar-refractivity contribution is 5.76. The maximum Gasteiger partial charge on any atom is 0.175 e. The van der Waals surface area contributed by atoms with E-state index in [9.17, 15) is 0 Å². The molecule has 17 heavy (non-hydrogen) atoms. The summed E-state index contributed by atoms with van der Waals surface area (Å²) in [7, 11) is 0. The Bertz CT molecular complexity index is 524. The number of benzene rings is 1. The van der Waals surface area contributed by atoms with Crippen LogP contribution in [0.25, 0.3) is 11.1 Å². The van der Waals surface area contributed by atoms with Crippen LogP contribution < -0.4 is 5.73 Å². The predicted octanol–water partition coefficient (Wildman–Crippen LogP) is 3.50. The van der Waals surface area contributed by atoms with Crippen molar-refractivity contribution >= 4 is 5.82 Å². The monoisotopic (exact) mass is 228 g/mol. The molecular formula is C14H16N2O. The van der Waals surface area contributed by atoms with Crippen molar-refractivity contribution in [2.75, 3.05) is 5.73 Å². The van der Waals surface area contributed by atoms with Gasteiger partial charge >= 0.3 is 0 Å². The Hall–Kier alpha value is -1.77. The molecule has 1 aliphatic rings. The first-order chi connectivity index (χ1) is 8.25. The summed E-state index contributed by atoms with van der Waals surface area (Å²) in [6, 6.07) is 8.35. The molecule has 88 valence electrons. The molecule has 0 atom stereocenters. The van der Waals surface area contributed by atoms with E-state index in [1.54, 1.807) is 0 Å². The maximum atomic E-state index is 5.92. The van der Waals surface area contributed by atoms with Crippen LogP contribution >= 0.6 is 0 Å². The lowest BCUT2D eigenvalue weighted by Gasteiger charge is -2.23. The van der Waals surface area contributed by atoms with Crippen molar-refractivity contribution in [2.45, 2.75) is 32.1 Å². The predicted molar refractivity (Wildman–Crippen MR) is 67.7 cm³/mol. The molecule has 3 nitrogen and oxygen atoms in total. The Balaban J connectivity index is 2.06.